The number of thioether (sulfide) groups is 1. The van der Waals surface area contributed by atoms with Crippen LogP contribution in [0.5, 0.6) is 0 Å². The van der Waals surface area contributed by atoms with Crippen LogP contribution in [-0.2, 0) is 10.6 Å². The number of fused-ring (bicyclic) bond motifs is 3. The van der Waals surface area contributed by atoms with Gasteiger partial charge in [-0.05, 0) is 19.1 Å². The van der Waals surface area contributed by atoms with E-state index >= 15 is 0 Å². The molecule has 2 aliphatic heterocycles. The van der Waals surface area contributed by atoms with E-state index in [-0.39, 0.29) is 0 Å². The van der Waals surface area contributed by atoms with Crippen LogP contribution < -0.4 is 4.90 Å². The molecule has 3 nitrogen and oxygen atoms in total. The van der Waals surface area contributed by atoms with Gasteiger partial charge in [-0.15, -0.1) is 11.8 Å². The molecule has 0 fully saturated rings. The third-order valence-electron chi connectivity index (χ3n) is 5.39. The summed E-state index contributed by atoms with van der Waals surface area (Å²) < 4.78 is 0. The summed E-state index contributed by atoms with van der Waals surface area (Å²) in [6.07, 6.45) is 0.843. The summed E-state index contributed by atoms with van der Waals surface area (Å²) in [6, 6.07) is 27.5. The molecule has 0 spiro atoms. The van der Waals surface area contributed by atoms with E-state index in [0.29, 0.717) is 5.25 Å². The predicted molar refractivity (Wildman–Crippen MR) is 116 cm³/mol. The molecule has 0 saturated heterocycles. The van der Waals surface area contributed by atoms with Gasteiger partial charge in [-0.25, -0.2) is 0 Å². The van der Waals surface area contributed by atoms with Gasteiger partial charge < -0.3 is 4.84 Å². The van der Waals surface area contributed by atoms with Gasteiger partial charge in [0.2, 0.25) is 5.72 Å². The van der Waals surface area contributed by atoms with E-state index in [1.165, 1.54) is 10.5 Å². The fourth-order valence-corrected chi connectivity index (χ4v) is 5.26. The largest absolute Gasteiger partial charge is 0.360 e. The molecule has 2 atom stereocenters. The highest BCUT2D eigenvalue weighted by atomic mass is 32.2. The lowest BCUT2D eigenvalue weighted by atomic mass is 9.93. The Morgan fingerprint density at radius 3 is 2.46 bits per heavy atom. The quantitative estimate of drug-likeness (QED) is 0.546. The molecule has 5 rings (SSSR count). The Morgan fingerprint density at radius 2 is 1.68 bits per heavy atom. The standard InChI is InChI=1S/C24H22N2OS/c1-17-12-14-20(15-13-17)24-16-18(2)28-22-11-7-6-10-21(22)26(24)23(25-27-24)19-8-4-3-5-9-19/h3-15,18H,16H2,1-2H3/t18-,24-/m0/s1. The van der Waals surface area contributed by atoms with Crippen LogP contribution in [0.3, 0.4) is 0 Å². The van der Waals surface area contributed by atoms with Crippen molar-refractivity contribution in [3.05, 3.63) is 95.6 Å². The number of amidine groups is 1. The van der Waals surface area contributed by atoms with E-state index in [4.69, 9.17) is 4.84 Å². The average molecular weight is 387 g/mol. The van der Waals surface area contributed by atoms with Gasteiger partial charge in [0.15, 0.2) is 5.84 Å². The highest BCUT2D eigenvalue weighted by Crippen LogP contribution is 2.51. The van der Waals surface area contributed by atoms with Crippen LogP contribution in [0.25, 0.3) is 0 Å². The van der Waals surface area contributed by atoms with E-state index in [2.05, 4.69) is 84.6 Å². The van der Waals surface area contributed by atoms with E-state index < -0.39 is 5.72 Å². The van der Waals surface area contributed by atoms with Crippen molar-refractivity contribution < 1.29 is 4.84 Å². The van der Waals surface area contributed by atoms with Crippen LogP contribution in [-0.4, -0.2) is 11.1 Å². The molecular formula is C24H22N2OS. The number of hydrogen-bond acceptors (Lipinski definition) is 4. The number of rotatable bonds is 2. The zero-order chi connectivity index (χ0) is 19.1. The van der Waals surface area contributed by atoms with Crippen LogP contribution in [0.2, 0.25) is 0 Å². The molecule has 140 valence electrons. The Bertz CT molecular complexity index is 1030. The molecular weight excluding hydrogens is 364 g/mol. The maximum absolute atomic E-state index is 6.35. The Hall–Kier alpha value is -2.72. The van der Waals surface area contributed by atoms with Crippen molar-refractivity contribution in [2.75, 3.05) is 4.90 Å². The molecule has 2 heterocycles. The zero-order valence-electron chi connectivity index (χ0n) is 16.0. The summed E-state index contributed by atoms with van der Waals surface area (Å²) in [5.74, 6) is 0.864. The lowest BCUT2D eigenvalue weighted by Crippen LogP contribution is -2.47. The SMILES string of the molecule is Cc1ccc([C@@]23C[C@H](C)Sc4ccccc4N2C(c2ccccc2)=NO3)cc1. The molecule has 0 radical (unpaired) electrons. The smallest absolute Gasteiger partial charge is 0.242 e. The monoisotopic (exact) mass is 386 g/mol. The maximum atomic E-state index is 6.35. The van der Waals surface area contributed by atoms with Crippen molar-refractivity contribution in [2.24, 2.45) is 5.16 Å². The second-order valence-electron chi connectivity index (χ2n) is 7.46. The van der Waals surface area contributed by atoms with Crippen LogP contribution in [0.15, 0.2) is 88.9 Å². The van der Waals surface area contributed by atoms with Gasteiger partial charge >= 0.3 is 0 Å². The Balaban J connectivity index is 1.74. The second kappa shape index (κ2) is 6.71. The highest BCUT2D eigenvalue weighted by molar-refractivity contribution is 8.00. The van der Waals surface area contributed by atoms with Gasteiger partial charge in [-0.2, -0.15) is 0 Å². The second-order valence-corrected chi connectivity index (χ2v) is 8.94. The summed E-state index contributed by atoms with van der Waals surface area (Å²) in [6.45, 7) is 4.38. The predicted octanol–water partition coefficient (Wildman–Crippen LogP) is 5.93. The van der Waals surface area contributed by atoms with Crippen molar-refractivity contribution in [3.63, 3.8) is 0 Å². The number of para-hydroxylation sites is 1. The lowest BCUT2D eigenvalue weighted by Gasteiger charge is -2.37. The van der Waals surface area contributed by atoms with Crippen LogP contribution in [0, 0.1) is 6.92 Å². The number of hydrogen-bond donors (Lipinski definition) is 0. The molecule has 3 aromatic rings. The Morgan fingerprint density at radius 1 is 0.964 bits per heavy atom. The van der Waals surface area contributed by atoms with Crippen LogP contribution in [0.1, 0.15) is 30.0 Å². The van der Waals surface area contributed by atoms with Crippen LogP contribution >= 0.6 is 11.8 Å². The number of oxime groups is 1. The summed E-state index contributed by atoms with van der Waals surface area (Å²) in [7, 11) is 0. The molecule has 2 aliphatic rings. The van der Waals surface area contributed by atoms with Crippen molar-refractivity contribution in [3.8, 4) is 0 Å². The number of aryl methyl sites for hydroxylation is 1. The first-order valence-corrected chi connectivity index (χ1v) is 10.5. The van der Waals surface area contributed by atoms with Crippen molar-refractivity contribution >= 4 is 23.3 Å². The minimum Gasteiger partial charge on any atom is -0.360 e. The van der Waals surface area contributed by atoms with Crippen molar-refractivity contribution in [1.29, 1.82) is 0 Å². The average Bonchev–Trinajstić information content (AvgIpc) is 3.03. The molecule has 0 saturated carbocycles. The first-order valence-electron chi connectivity index (χ1n) is 9.62. The number of nitrogens with zero attached hydrogens (tertiary/aromatic N) is 2. The van der Waals surface area contributed by atoms with E-state index in [0.717, 1.165) is 29.1 Å². The molecule has 0 unspecified atom stereocenters. The van der Waals surface area contributed by atoms with E-state index in [9.17, 15) is 0 Å². The minimum atomic E-state index is -0.641. The first-order chi connectivity index (χ1) is 13.7. The molecule has 3 aromatic carbocycles. The van der Waals surface area contributed by atoms with Gasteiger partial charge in [0.25, 0.3) is 0 Å². The molecule has 0 N–H and O–H groups in total. The maximum Gasteiger partial charge on any atom is 0.242 e. The normalized spacial score (nSPS) is 23.3. The van der Waals surface area contributed by atoms with Crippen LogP contribution in [0.4, 0.5) is 5.69 Å². The van der Waals surface area contributed by atoms with E-state index in [1.54, 1.807) is 0 Å². The molecule has 0 aromatic heterocycles. The van der Waals surface area contributed by atoms with Gasteiger partial charge in [0, 0.05) is 27.7 Å². The Kier molecular flexibility index (Phi) is 4.17. The minimum absolute atomic E-state index is 0.387. The lowest BCUT2D eigenvalue weighted by molar-refractivity contribution is -0.0274. The molecule has 4 heteroatoms. The number of anilines is 1. The van der Waals surface area contributed by atoms with Crippen molar-refractivity contribution in [2.45, 2.75) is 36.1 Å². The third-order valence-corrected chi connectivity index (χ3v) is 6.56. The highest BCUT2D eigenvalue weighted by Gasteiger charge is 2.51. The van der Waals surface area contributed by atoms with Gasteiger partial charge in [0.1, 0.15) is 0 Å². The molecule has 0 aliphatic carbocycles. The third kappa shape index (κ3) is 2.71. The summed E-state index contributed by atoms with van der Waals surface area (Å²) >= 11 is 1.91. The van der Waals surface area contributed by atoms with Gasteiger partial charge in [0.05, 0.1) is 5.69 Å². The first kappa shape index (κ1) is 17.4. The molecule has 0 amide bonds. The summed E-state index contributed by atoms with van der Waals surface area (Å²) in [4.78, 5) is 9.91. The topological polar surface area (TPSA) is 24.8 Å². The summed E-state index contributed by atoms with van der Waals surface area (Å²) in [5.41, 5.74) is 3.95. The number of benzene rings is 3. The fraction of sp³-hybridized carbons (Fsp3) is 0.208. The summed E-state index contributed by atoms with van der Waals surface area (Å²) in [5, 5.41) is 5.02. The van der Waals surface area contributed by atoms with Gasteiger partial charge in [-0.1, -0.05) is 84.4 Å². The Labute approximate surface area is 170 Å². The molecule has 28 heavy (non-hydrogen) atoms. The fourth-order valence-electron chi connectivity index (χ4n) is 4.08. The zero-order valence-corrected chi connectivity index (χ0v) is 16.8. The molecule has 0 bridgehead atoms. The van der Waals surface area contributed by atoms with Gasteiger partial charge in [-0.3, -0.25) is 4.90 Å². The van der Waals surface area contributed by atoms with E-state index in [1.807, 2.05) is 30.0 Å². The van der Waals surface area contributed by atoms with Crippen molar-refractivity contribution in [1.82, 2.24) is 0 Å².